The standard InChI is InChI=1S/C62H95N15O31/c1-26(2-12-41(87)65-20-35(81)48(95)51(98)38(84)23-78)69-56(102)32(10-16-45(91)92)73-58(104)31(8-14-43(89)67-22-37(83)50(97)53(100)40(86)25-80)72-59(105)33(11-17-46(93)94)74-57(103)30(7-13-42(88)66-21-36(82)49(96)52(99)39(85)24-79)71-44(90)15-9-34(61(107)108)75-55(101)27-3-5-28(6-4-27)64-18-29-19-68-54-47(70-29)60(106)77-62(63)76-54/h3-6,19,26,30-40,48-53,64,78-86,95-100H,2,7-18,20-25H2,1H3,(H,65,87)(H,66,88)(H,67,89)(H,69,102)(H,71,90)(H,72,105)(H,73,104)(H,74,103)(H,75,101)(H,91,92)(H,93,94)(H,107,108)(H3,63,68,76,77,106)/t26-,30+,31+,32+,33+,34+,35+,36+,37+,38-,39-,40-,48-,49-,50-,51-,52-,53-/m1/s1. The van der Waals surface area contributed by atoms with Gasteiger partial charge >= 0.3 is 17.9 Å². The van der Waals surface area contributed by atoms with Crippen molar-refractivity contribution in [1.29, 1.82) is 0 Å². The van der Waals surface area contributed by atoms with Crippen molar-refractivity contribution in [1.82, 2.24) is 67.8 Å². The van der Waals surface area contributed by atoms with Crippen LogP contribution in [-0.2, 0) is 59.3 Å². The van der Waals surface area contributed by atoms with Crippen molar-refractivity contribution in [3.8, 4) is 0 Å². The van der Waals surface area contributed by atoms with Crippen molar-refractivity contribution in [2.75, 3.05) is 50.5 Å². The van der Waals surface area contributed by atoms with Crippen LogP contribution >= 0.6 is 0 Å². The van der Waals surface area contributed by atoms with E-state index in [4.69, 9.17) is 21.1 Å². The maximum atomic E-state index is 14.5. The van der Waals surface area contributed by atoms with E-state index in [2.05, 4.69) is 73.1 Å². The Hall–Kier alpha value is -9.92. The molecule has 18 atom stereocenters. The number of aromatic amines is 1. The molecule has 46 nitrogen and oxygen atoms in total. The number of carbonyl (C=O) groups is 12. The third-order valence-electron chi connectivity index (χ3n) is 16.2. The van der Waals surface area contributed by atoms with Crippen LogP contribution in [0.3, 0.4) is 0 Å². The SMILES string of the molecule is C[C@H](CCC(=O)NC[C@H](O)[C@@H](O)[C@H](O)[C@H](O)CO)NC(=O)[C@H](CCC(=O)O)NC(=O)[C@H](CCC(=O)NC[C@H](O)[C@@H](O)[C@H](O)[C@H](O)CO)NC(=O)[C@H](CCC(=O)O)NC(=O)[C@H](CCC(=O)NC[C@H](O)[C@@H](O)[C@H](O)[C@H](O)CO)NC(=O)CC[C@H](NC(=O)c1ccc(NCc2cnc3nc(N)[nH]c(=O)c3n2)cc1)C(=O)O. The largest absolute Gasteiger partial charge is 0.481 e. The van der Waals surface area contributed by atoms with Crippen molar-refractivity contribution in [3.05, 3.63) is 52.1 Å². The molecule has 3 aromatic rings. The zero-order valence-electron chi connectivity index (χ0n) is 58.0. The number of carboxylic acids is 3. The second-order valence-electron chi connectivity index (χ2n) is 24.8. The van der Waals surface area contributed by atoms with Crippen LogP contribution in [0.5, 0.6) is 0 Å². The van der Waals surface area contributed by atoms with Gasteiger partial charge in [0, 0.05) is 75.5 Å². The van der Waals surface area contributed by atoms with Crippen LogP contribution in [0, 0.1) is 0 Å². The Balaban J connectivity index is 1.95. The number of aromatic nitrogens is 4. The minimum absolute atomic E-state index is 0.00328. The Labute approximate surface area is 612 Å². The molecule has 0 aliphatic rings. The average molecular weight is 1550 g/mol. The summed E-state index contributed by atoms with van der Waals surface area (Å²) in [4.78, 5) is 187. The van der Waals surface area contributed by atoms with E-state index in [9.17, 15) is 139 Å². The molecule has 1 aromatic carbocycles. The van der Waals surface area contributed by atoms with Gasteiger partial charge in [-0.25, -0.2) is 14.8 Å². The molecule has 0 spiro atoms. The summed E-state index contributed by atoms with van der Waals surface area (Å²) in [5.74, 6) is -15.4. The van der Waals surface area contributed by atoms with E-state index >= 15 is 0 Å². The van der Waals surface area contributed by atoms with Crippen molar-refractivity contribution in [2.45, 2.75) is 200 Å². The Morgan fingerprint density at radius 3 is 1.20 bits per heavy atom. The van der Waals surface area contributed by atoms with Crippen LogP contribution in [0.25, 0.3) is 11.2 Å². The van der Waals surface area contributed by atoms with E-state index in [0.717, 1.165) is 0 Å². The van der Waals surface area contributed by atoms with Gasteiger partial charge in [-0.05, 0) is 69.7 Å². The summed E-state index contributed by atoms with van der Waals surface area (Å²) in [5.41, 5.74) is 5.46. The van der Waals surface area contributed by atoms with Gasteiger partial charge < -0.3 is 151 Å². The number of carboxylic acid groups (broad SMARTS) is 3. The minimum Gasteiger partial charge on any atom is -0.481 e. The average Bonchev–Trinajstić information content (AvgIpc) is 0.811. The van der Waals surface area contributed by atoms with E-state index in [-0.39, 0.29) is 35.6 Å². The molecular formula is C62H95N15O31. The van der Waals surface area contributed by atoms with Crippen molar-refractivity contribution in [2.24, 2.45) is 0 Å². The molecule has 46 heteroatoms. The number of carbonyl (C=O) groups excluding carboxylic acids is 9. The number of hydrogen-bond donors (Lipinski definition) is 30. The maximum absolute atomic E-state index is 14.5. The van der Waals surface area contributed by atoms with E-state index in [1.54, 1.807) is 0 Å². The lowest BCUT2D eigenvalue weighted by molar-refractivity contribution is -0.140. The van der Waals surface area contributed by atoms with Gasteiger partial charge in [-0.15, -0.1) is 0 Å². The molecule has 604 valence electrons. The highest BCUT2D eigenvalue weighted by Gasteiger charge is 2.37. The summed E-state index contributed by atoms with van der Waals surface area (Å²) in [6, 6.07) is -5.38. The van der Waals surface area contributed by atoms with Crippen LogP contribution < -0.4 is 64.5 Å². The monoisotopic (exact) mass is 1550 g/mol. The van der Waals surface area contributed by atoms with Crippen molar-refractivity contribution >= 4 is 93.9 Å². The fraction of sp³-hybridized carbons (Fsp3) is 0.613. The van der Waals surface area contributed by atoms with Gasteiger partial charge in [-0.3, -0.25) is 62.5 Å². The summed E-state index contributed by atoms with van der Waals surface area (Å²) in [6.45, 7) is -4.14. The lowest BCUT2D eigenvalue weighted by atomic mass is 10.0. The molecule has 0 saturated heterocycles. The first kappa shape index (κ1) is 92.3. The lowest BCUT2D eigenvalue weighted by Gasteiger charge is -2.27. The van der Waals surface area contributed by atoms with Gasteiger partial charge in [0.2, 0.25) is 53.2 Å². The number of nitrogens with zero attached hydrogens (tertiary/aromatic N) is 3. The highest BCUT2D eigenvalue weighted by atomic mass is 16.4. The van der Waals surface area contributed by atoms with Crippen LogP contribution in [0.15, 0.2) is 35.3 Å². The topological polar surface area (TPSA) is 787 Å². The normalized spacial score (nSPS) is 16.4. The Kier molecular flexibility index (Phi) is 39.6. The number of amides is 9. The van der Waals surface area contributed by atoms with E-state index in [1.165, 1.54) is 37.4 Å². The van der Waals surface area contributed by atoms with Gasteiger partial charge in [-0.2, -0.15) is 4.98 Å². The van der Waals surface area contributed by atoms with E-state index < -0.39 is 296 Å². The first-order valence-corrected chi connectivity index (χ1v) is 33.4. The molecule has 0 fully saturated rings. The molecule has 0 aliphatic carbocycles. The summed E-state index contributed by atoms with van der Waals surface area (Å²) in [7, 11) is 0. The number of aliphatic hydroxyl groups is 15. The Morgan fingerprint density at radius 2 is 0.806 bits per heavy atom. The predicted octanol–water partition coefficient (Wildman–Crippen LogP) is -13.0. The van der Waals surface area contributed by atoms with Gasteiger partial charge in [-0.1, -0.05) is 0 Å². The van der Waals surface area contributed by atoms with Crippen LogP contribution in [0.2, 0.25) is 0 Å². The molecule has 0 saturated carbocycles. The zero-order valence-corrected chi connectivity index (χ0v) is 58.0. The zero-order chi connectivity index (χ0) is 81.2. The number of benzene rings is 1. The second kappa shape index (κ2) is 46.3. The number of nitrogens with one attached hydrogen (secondary N) is 11. The summed E-state index contributed by atoms with van der Waals surface area (Å²) in [5, 5.41) is 200. The van der Waals surface area contributed by atoms with Gasteiger partial charge in [0.1, 0.15) is 85.1 Å². The number of aliphatic hydroxyl groups excluding tert-OH is 15. The number of rotatable bonds is 51. The van der Waals surface area contributed by atoms with Gasteiger partial charge in [0.05, 0.1) is 56.6 Å². The molecule has 0 radical (unpaired) electrons. The summed E-state index contributed by atoms with van der Waals surface area (Å²) in [6.07, 6.45) is -31.8. The number of aliphatic carboxylic acids is 3. The number of nitrogen functional groups attached to an aromatic ring is 1. The molecule has 3 rings (SSSR count). The van der Waals surface area contributed by atoms with Crippen molar-refractivity contribution < 1.29 is 149 Å². The van der Waals surface area contributed by atoms with Gasteiger partial charge in [0.25, 0.3) is 11.5 Å². The minimum atomic E-state index is -2.18. The van der Waals surface area contributed by atoms with Crippen LogP contribution in [0.4, 0.5) is 11.6 Å². The molecule has 9 amide bonds. The first-order chi connectivity index (χ1) is 50.8. The third kappa shape index (κ3) is 31.9. The highest BCUT2D eigenvalue weighted by molar-refractivity contribution is 5.98. The molecule has 2 aromatic heterocycles. The molecule has 108 heavy (non-hydrogen) atoms. The third-order valence-corrected chi connectivity index (χ3v) is 16.2. The summed E-state index contributed by atoms with van der Waals surface area (Å²) < 4.78 is 0. The van der Waals surface area contributed by atoms with Crippen LogP contribution in [-0.4, -0.2) is 332 Å². The number of hydrogen-bond acceptors (Lipinski definition) is 33. The summed E-state index contributed by atoms with van der Waals surface area (Å²) >= 11 is 0. The second-order valence-corrected chi connectivity index (χ2v) is 24.8. The van der Waals surface area contributed by atoms with E-state index in [1.807, 2.05) is 0 Å². The lowest BCUT2D eigenvalue weighted by Crippen LogP contribution is -2.58. The number of nitrogens with two attached hydrogens (primary N) is 1. The predicted molar refractivity (Wildman–Crippen MR) is 363 cm³/mol. The van der Waals surface area contributed by atoms with Gasteiger partial charge in [0.15, 0.2) is 11.2 Å². The quantitative estimate of drug-likeness (QED) is 0.0250. The fourth-order valence-electron chi connectivity index (χ4n) is 9.74. The fourth-order valence-corrected chi connectivity index (χ4v) is 9.74. The molecule has 31 N–H and O–H groups in total. The smallest absolute Gasteiger partial charge is 0.326 e. The molecule has 2 heterocycles. The molecular weight excluding hydrogens is 1450 g/mol. The highest BCUT2D eigenvalue weighted by Crippen LogP contribution is 2.16. The van der Waals surface area contributed by atoms with E-state index in [0.29, 0.717) is 11.4 Å². The van der Waals surface area contributed by atoms with Crippen molar-refractivity contribution in [3.63, 3.8) is 0 Å². The number of fused-ring (bicyclic) bond motifs is 1. The molecule has 0 aliphatic heterocycles. The van der Waals surface area contributed by atoms with Crippen LogP contribution in [0.1, 0.15) is 100 Å². The first-order valence-electron chi connectivity index (χ1n) is 33.4. The Bertz CT molecular complexity index is 3550. The number of H-pyrrole nitrogens is 1. The number of anilines is 2. The maximum Gasteiger partial charge on any atom is 0.326 e. The molecule has 0 unspecified atom stereocenters. The Morgan fingerprint density at radius 1 is 0.444 bits per heavy atom. The molecule has 0 bridgehead atoms.